The topological polar surface area (TPSA) is 38.8 Å². The van der Waals surface area contributed by atoms with Crippen LogP contribution in [0.4, 0.5) is 0 Å². The number of hydrogen-bond acceptors (Lipinski definition) is 4. The fourth-order valence-corrected chi connectivity index (χ4v) is 1.98. The van der Waals surface area contributed by atoms with Gasteiger partial charge in [0.25, 0.3) is 0 Å². The zero-order chi connectivity index (χ0) is 37.5. The van der Waals surface area contributed by atoms with Crippen LogP contribution in [0.15, 0.2) is 12.1 Å². The molecule has 0 bridgehead atoms. The zero-order valence-corrected chi connectivity index (χ0v) is 11.7. The number of carbonyl (C=O) groups excluding carboxylic acids is 1. The number of nitrogens with zero attached hydrogens (tertiary/aromatic N) is 1. The lowest BCUT2D eigenvalue weighted by Crippen LogP contribution is -2.46. The van der Waals surface area contributed by atoms with E-state index in [1.54, 1.807) is 0 Å². The highest BCUT2D eigenvalue weighted by atomic mass is 16.5. The van der Waals surface area contributed by atoms with Crippen LogP contribution in [-0.2, 0) is 11.2 Å². The predicted molar refractivity (Wildman–Crippen MR) is 90.1 cm³/mol. The molecule has 126 valence electrons. The lowest BCUT2D eigenvalue weighted by molar-refractivity contribution is -0.129. The van der Waals surface area contributed by atoms with Crippen LogP contribution in [0.3, 0.4) is 0 Å². The molecule has 0 aliphatic carbocycles. The summed E-state index contributed by atoms with van der Waals surface area (Å²) in [4.78, 5) is 13.3. The van der Waals surface area contributed by atoms with Crippen molar-refractivity contribution in [2.24, 2.45) is 11.8 Å². The Hall–Kier alpha value is -1.55. The first-order chi connectivity index (χ1) is 20.4. The second-order valence-electron chi connectivity index (χ2n) is 4.33. The average Bonchev–Trinajstić information content (AvgIpc) is 2.84. The van der Waals surface area contributed by atoms with Gasteiger partial charge < -0.3 is 9.47 Å². The minimum Gasteiger partial charge on any atom is -0.493 e. The number of benzene rings is 1. The summed E-state index contributed by atoms with van der Waals surface area (Å²) in [5.41, 5.74) is -3.02. The van der Waals surface area contributed by atoms with Crippen molar-refractivity contribution in [3.8, 4) is 11.5 Å². The summed E-state index contributed by atoms with van der Waals surface area (Å²) in [7, 11) is -2.69. The van der Waals surface area contributed by atoms with Crippen molar-refractivity contribution in [3.63, 3.8) is 0 Å². The maximum absolute atomic E-state index is 14.1. The summed E-state index contributed by atoms with van der Waals surface area (Å²) in [6.07, 6.45) is -13.2. The Bertz CT molecular complexity index is 1480. The van der Waals surface area contributed by atoms with E-state index in [9.17, 15) is 6.17 Å². The Morgan fingerprint density at radius 1 is 1.57 bits per heavy atom. The van der Waals surface area contributed by atoms with E-state index in [-0.39, 0.29) is 0 Å². The number of Topliss-reactive ketones (excluding diaryl/α,β-unsaturated/α-hetero) is 1. The Morgan fingerprint density at radius 3 is 3.13 bits per heavy atom. The first kappa shape index (κ1) is 3.98. The third kappa shape index (κ3) is 3.09. The summed E-state index contributed by atoms with van der Waals surface area (Å²) < 4.78 is 208. The number of ether oxygens (including phenoxy) is 2. The standard InChI is InChI=1S/C19H27NO3/c1-12(2)7-14-11-20-6-5-13-8-18(22-3)19(23-4)9-15(13)16(20)10-17(14)21/h8-9,12,14,16H,5-7,10-11H2,1-4H3/i1D3,2D3,4D3,5D2,6D2,7D2,8D,9D,10D2,11D2,12D,14D,16D. The SMILES string of the molecule is [2H]c1c(OC)c(OC([2H])([2H])[2H])c([2H])c2c1C([2H])([2H])C([2H])([2H])N1C([2H])([2H])C([2H])(C([2H])([2H])C([2H])(C([2H])([2H])[2H])C([2H])([2H])[2H])C(=O)C([2H])([2H])C21[2H]. The number of methoxy groups -OCH3 is 2. The molecule has 0 radical (unpaired) electrons. The first-order valence-corrected chi connectivity index (χ1v) is 6.15. The highest BCUT2D eigenvalue weighted by molar-refractivity contribution is 5.83. The van der Waals surface area contributed by atoms with Gasteiger partial charge in [0.2, 0.25) is 0 Å². The van der Waals surface area contributed by atoms with Gasteiger partial charge in [0, 0.05) is 56.0 Å². The summed E-state index contributed by atoms with van der Waals surface area (Å²) >= 11 is 0. The Balaban J connectivity index is 2.70. The van der Waals surface area contributed by atoms with Crippen LogP contribution in [0.2, 0.25) is 0 Å². The van der Waals surface area contributed by atoms with Crippen molar-refractivity contribution >= 4 is 5.78 Å². The van der Waals surface area contributed by atoms with E-state index in [0.717, 1.165) is 7.11 Å². The molecule has 1 saturated heterocycles. The number of fused-ring (bicyclic) bond motifs is 3. The molecule has 0 spiro atoms. The summed E-state index contributed by atoms with van der Waals surface area (Å²) in [5, 5.41) is 0. The third-order valence-corrected chi connectivity index (χ3v) is 2.93. The first-order valence-electron chi connectivity index (χ1n) is 18.1. The minimum atomic E-state index is -4.85. The normalized spacial score (nSPS) is 57.5. The van der Waals surface area contributed by atoms with Gasteiger partial charge in [-0.3, -0.25) is 9.69 Å². The molecule has 23 heavy (non-hydrogen) atoms. The van der Waals surface area contributed by atoms with Crippen LogP contribution < -0.4 is 9.47 Å². The van der Waals surface area contributed by atoms with Crippen molar-refractivity contribution in [2.45, 2.75) is 38.8 Å². The maximum atomic E-state index is 14.1. The molecule has 2 atom stereocenters. The van der Waals surface area contributed by atoms with Crippen LogP contribution in [0, 0.1) is 11.8 Å². The second-order valence-corrected chi connectivity index (χ2v) is 4.33. The van der Waals surface area contributed by atoms with Crippen LogP contribution in [0.5, 0.6) is 11.5 Å². The molecule has 0 N–H and O–H groups in total. The molecule has 0 saturated carbocycles. The average molecular weight is 342 g/mol. The highest BCUT2D eigenvalue weighted by Crippen LogP contribution is 2.42. The van der Waals surface area contributed by atoms with Crippen molar-refractivity contribution in [2.75, 3.05) is 27.1 Å². The second kappa shape index (κ2) is 6.52. The molecule has 3 rings (SSSR count). The van der Waals surface area contributed by atoms with Gasteiger partial charge in [-0.15, -0.1) is 0 Å². The number of piperidine rings is 1. The summed E-state index contributed by atoms with van der Waals surface area (Å²) in [6, 6.07) is -7.05. The quantitative estimate of drug-likeness (QED) is 0.843. The van der Waals surface area contributed by atoms with Gasteiger partial charge in [-0.25, -0.2) is 0 Å². The van der Waals surface area contributed by atoms with Crippen LogP contribution in [0.1, 0.15) is 76.5 Å². The largest absolute Gasteiger partial charge is 0.493 e. The van der Waals surface area contributed by atoms with Gasteiger partial charge >= 0.3 is 0 Å². The summed E-state index contributed by atoms with van der Waals surface area (Å²) in [6.45, 7) is -17.6. The van der Waals surface area contributed by atoms with Crippen molar-refractivity contribution in [1.82, 2.24) is 4.90 Å². The molecule has 0 amide bonds. The smallest absolute Gasteiger partial charge is 0.161 e. The molecule has 1 aromatic carbocycles. The summed E-state index contributed by atoms with van der Waals surface area (Å²) in [5.74, 6) is -14.6. The monoisotopic (exact) mass is 341 g/mol. The molecule has 2 aliphatic heterocycles. The number of rotatable bonds is 4. The lowest BCUT2D eigenvalue weighted by atomic mass is 9.80. The molecular formula is C19H27NO3. The number of hydrogen-bond donors (Lipinski definition) is 0. The number of ketones is 1. The van der Waals surface area contributed by atoms with Gasteiger partial charge in [0.05, 0.1) is 22.4 Å². The highest BCUT2D eigenvalue weighted by Gasteiger charge is 2.38. The van der Waals surface area contributed by atoms with E-state index >= 15 is 0 Å². The fraction of sp³-hybridized carbons (Fsp3) is 0.632. The number of carbonyl (C=O) groups is 1. The van der Waals surface area contributed by atoms with Gasteiger partial charge in [0.15, 0.2) is 11.5 Å². The fourth-order valence-electron chi connectivity index (χ4n) is 1.98. The molecule has 2 heterocycles. The van der Waals surface area contributed by atoms with Crippen LogP contribution in [-0.4, -0.2) is 37.8 Å². The van der Waals surface area contributed by atoms with Crippen molar-refractivity contribution in [3.05, 3.63) is 23.2 Å². The molecule has 0 aromatic heterocycles. The van der Waals surface area contributed by atoms with E-state index in [1.807, 2.05) is 0 Å². The Morgan fingerprint density at radius 2 is 2.39 bits per heavy atom. The Kier molecular flexibility index (Phi) is 1.13. The maximum Gasteiger partial charge on any atom is 0.161 e. The molecule has 4 nitrogen and oxygen atoms in total. The van der Waals surface area contributed by atoms with E-state index in [2.05, 4.69) is 0 Å². The lowest BCUT2D eigenvalue weighted by Gasteiger charge is -2.43. The van der Waals surface area contributed by atoms with Gasteiger partial charge in [0.1, 0.15) is 5.78 Å². The molecule has 2 unspecified atom stereocenters. The van der Waals surface area contributed by atoms with Crippen molar-refractivity contribution < 1.29 is 47.2 Å². The Labute approximate surface area is 172 Å². The van der Waals surface area contributed by atoms with Crippen molar-refractivity contribution in [1.29, 1.82) is 0 Å². The van der Waals surface area contributed by atoms with E-state index in [4.69, 9.17) is 41.0 Å². The van der Waals surface area contributed by atoms with Gasteiger partial charge in [-0.05, 0) is 41.9 Å². The van der Waals surface area contributed by atoms with Crippen LogP contribution >= 0.6 is 0 Å². The molecule has 1 fully saturated rings. The predicted octanol–water partition coefficient (Wildman–Crippen LogP) is 3.24. The molecule has 4 heteroatoms. The minimum absolute atomic E-state index is 0.795. The van der Waals surface area contributed by atoms with Gasteiger partial charge in [-0.2, -0.15) is 0 Å². The van der Waals surface area contributed by atoms with E-state index < -0.39 is 116 Å². The molecular weight excluding hydrogens is 290 g/mol. The van der Waals surface area contributed by atoms with Crippen LogP contribution in [0.25, 0.3) is 0 Å². The zero-order valence-electron chi connectivity index (χ0n) is 35.7. The molecule has 1 aromatic rings. The molecule has 2 aliphatic rings. The third-order valence-electron chi connectivity index (χ3n) is 2.93. The van der Waals surface area contributed by atoms with E-state index in [1.165, 1.54) is 0 Å². The van der Waals surface area contributed by atoms with E-state index in [0.29, 0.717) is 0 Å². The van der Waals surface area contributed by atoms with Gasteiger partial charge in [-0.1, -0.05) is 13.7 Å².